The molecule has 1 aliphatic carbocycles. The summed E-state index contributed by atoms with van der Waals surface area (Å²) in [6.45, 7) is 5.16. The molecule has 1 saturated carbocycles. The van der Waals surface area contributed by atoms with Gasteiger partial charge in [-0.2, -0.15) is 0 Å². The first-order chi connectivity index (χ1) is 8.50. The van der Waals surface area contributed by atoms with E-state index in [0.29, 0.717) is 19.0 Å². The molecule has 0 aromatic heterocycles. The van der Waals surface area contributed by atoms with Crippen molar-refractivity contribution >= 4 is 12.0 Å². The second kappa shape index (κ2) is 7.24. The van der Waals surface area contributed by atoms with Crippen LogP contribution in [0, 0.1) is 17.8 Å². The van der Waals surface area contributed by atoms with E-state index >= 15 is 0 Å². The second-order valence-electron chi connectivity index (χ2n) is 5.47. The van der Waals surface area contributed by atoms with Crippen molar-refractivity contribution in [3.05, 3.63) is 0 Å². The maximum absolute atomic E-state index is 11.5. The molecule has 0 heterocycles. The molecule has 18 heavy (non-hydrogen) atoms. The van der Waals surface area contributed by atoms with E-state index in [4.69, 9.17) is 5.11 Å². The first-order valence-corrected chi connectivity index (χ1v) is 6.75. The van der Waals surface area contributed by atoms with E-state index in [1.165, 1.54) is 0 Å². The minimum Gasteiger partial charge on any atom is -0.481 e. The molecular formula is C13H24N2O3. The molecule has 0 saturated heterocycles. The third-order valence-corrected chi connectivity index (χ3v) is 3.42. The summed E-state index contributed by atoms with van der Waals surface area (Å²) in [7, 11) is 0. The Hall–Kier alpha value is -1.26. The van der Waals surface area contributed by atoms with Crippen LogP contribution in [0.15, 0.2) is 0 Å². The fraction of sp³-hybridized carbons (Fsp3) is 0.846. The minimum absolute atomic E-state index is 0.0704. The molecule has 0 aromatic carbocycles. The Morgan fingerprint density at radius 3 is 2.50 bits per heavy atom. The number of carboxylic acid groups (broad SMARTS) is 1. The van der Waals surface area contributed by atoms with Crippen molar-refractivity contribution < 1.29 is 14.7 Å². The molecule has 2 atom stereocenters. The van der Waals surface area contributed by atoms with Gasteiger partial charge in [-0.3, -0.25) is 4.79 Å². The monoisotopic (exact) mass is 256 g/mol. The van der Waals surface area contributed by atoms with Crippen LogP contribution in [0.5, 0.6) is 0 Å². The van der Waals surface area contributed by atoms with Gasteiger partial charge in [0.25, 0.3) is 0 Å². The highest BCUT2D eigenvalue weighted by molar-refractivity contribution is 5.74. The first-order valence-electron chi connectivity index (χ1n) is 6.75. The predicted octanol–water partition coefficient (Wildman–Crippen LogP) is 1.83. The Kier molecular flexibility index (Phi) is 5.95. The van der Waals surface area contributed by atoms with Gasteiger partial charge in [0.1, 0.15) is 0 Å². The van der Waals surface area contributed by atoms with Crippen molar-refractivity contribution in [1.29, 1.82) is 0 Å². The number of urea groups is 1. The van der Waals surface area contributed by atoms with Crippen LogP contribution in [-0.4, -0.2) is 30.2 Å². The van der Waals surface area contributed by atoms with Gasteiger partial charge in [-0.1, -0.05) is 26.7 Å². The Bertz CT molecular complexity index is 292. The lowest BCUT2D eigenvalue weighted by molar-refractivity contribution is -0.144. The van der Waals surface area contributed by atoms with Gasteiger partial charge in [-0.15, -0.1) is 0 Å². The SMILES string of the molecule is CC(C)CNC(=O)NCC1CCCCC1C(=O)O. The maximum Gasteiger partial charge on any atom is 0.314 e. The van der Waals surface area contributed by atoms with Gasteiger partial charge in [0.15, 0.2) is 0 Å². The van der Waals surface area contributed by atoms with Gasteiger partial charge in [-0.25, -0.2) is 4.79 Å². The summed E-state index contributed by atoms with van der Waals surface area (Å²) >= 11 is 0. The van der Waals surface area contributed by atoms with Crippen molar-refractivity contribution in [3.8, 4) is 0 Å². The van der Waals surface area contributed by atoms with Gasteiger partial charge < -0.3 is 15.7 Å². The van der Waals surface area contributed by atoms with Crippen LogP contribution < -0.4 is 10.6 Å². The van der Waals surface area contributed by atoms with Crippen LogP contribution in [0.1, 0.15) is 39.5 Å². The molecule has 2 amide bonds. The fourth-order valence-electron chi connectivity index (χ4n) is 2.36. The lowest BCUT2D eigenvalue weighted by Gasteiger charge is -2.28. The third kappa shape index (κ3) is 4.94. The summed E-state index contributed by atoms with van der Waals surface area (Å²) in [6, 6.07) is -0.196. The van der Waals surface area contributed by atoms with Crippen LogP contribution in [0.4, 0.5) is 4.79 Å². The normalized spacial score (nSPS) is 23.7. The molecule has 104 valence electrons. The highest BCUT2D eigenvalue weighted by Gasteiger charge is 2.30. The van der Waals surface area contributed by atoms with E-state index in [-0.39, 0.29) is 17.9 Å². The molecule has 2 unspecified atom stereocenters. The van der Waals surface area contributed by atoms with Crippen molar-refractivity contribution in [1.82, 2.24) is 10.6 Å². The largest absolute Gasteiger partial charge is 0.481 e. The lowest BCUT2D eigenvalue weighted by atomic mass is 9.79. The molecule has 0 bridgehead atoms. The van der Waals surface area contributed by atoms with E-state index in [0.717, 1.165) is 25.7 Å². The van der Waals surface area contributed by atoms with Gasteiger partial charge in [-0.05, 0) is 24.7 Å². The number of hydrogen-bond acceptors (Lipinski definition) is 2. The topological polar surface area (TPSA) is 78.4 Å². The second-order valence-corrected chi connectivity index (χ2v) is 5.47. The molecule has 0 spiro atoms. The molecule has 1 aliphatic rings. The van der Waals surface area contributed by atoms with Crippen molar-refractivity contribution in [2.75, 3.05) is 13.1 Å². The standard InChI is InChI=1S/C13H24N2O3/c1-9(2)7-14-13(18)15-8-10-5-3-4-6-11(10)12(16)17/h9-11H,3-8H2,1-2H3,(H,16,17)(H2,14,15,18). The van der Waals surface area contributed by atoms with Crippen molar-refractivity contribution in [2.24, 2.45) is 17.8 Å². The molecule has 0 aromatic rings. The summed E-state index contributed by atoms with van der Waals surface area (Å²) < 4.78 is 0. The number of carbonyl (C=O) groups excluding carboxylic acids is 1. The number of carbonyl (C=O) groups is 2. The van der Waals surface area contributed by atoms with Crippen LogP contribution in [0.3, 0.4) is 0 Å². The number of hydrogen-bond donors (Lipinski definition) is 3. The Morgan fingerprint density at radius 1 is 1.22 bits per heavy atom. The third-order valence-electron chi connectivity index (χ3n) is 3.42. The highest BCUT2D eigenvalue weighted by atomic mass is 16.4. The molecule has 0 radical (unpaired) electrons. The van der Waals surface area contributed by atoms with E-state index in [1.54, 1.807) is 0 Å². The lowest BCUT2D eigenvalue weighted by Crippen LogP contribution is -2.42. The van der Waals surface area contributed by atoms with Gasteiger partial charge >= 0.3 is 12.0 Å². The molecule has 1 fully saturated rings. The number of amides is 2. The average molecular weight is 256 g/mol. The summed E-state index contributed by atoms with van der Waals surface area (Å²) in [5.41, 5.74) is 0. The smallest absolute Gasteiger partial charge is 0.314 e. The molecular weight excluding hydrogens is 232 g/mol. The minimum atomic E-state index is -0.732. The predicted molar refractivity (Wildman–Crippen MR) is 69.3 cm³/mol. The van der Waals surface area contributed by atoms with Crippen molar-refractivity contribution in [3.63, 3.8) is 0 Å². The highest BCUT2D eigenvalue weighted by Crippen LogP contribution is 2.29. The van der Waals surface area contributed by atoms with E-state index in [9.17, 15) is 9.59 Å². The van der Waals surface area contributed by atoms with Crippen LogP contribution in [-0.2, 0) is 4.79 Å². The summed E-state index contributed by atoms with van der Waals surface area (Å²) in [5, 5.41) is 14.7. The molecule has 3 N–H and O–H groups in total. The summed E-state index contributed by atoms with van der Waals surface area (Å²) in [4.78, 5) is 22.6. The van der Waals surface area contributed by atoms with E-state index in [2.05, 4.69) is 10.6 Å². The van der Waals surface area contributed by atoms with Crippen molar-refractivity contribution in [2.45, 2.75) is 39.5 Å². The summed E-state index contributed by atoms with van der Waals surface area (Å²) in [6.07, 6.45) is 3.66. The van der Waals surface area contributed by atoms with Gasteiger partial charge in [0.05, 0.1) is 5.92 Å². The quantitative estimate of drug-likeness (QED) is 0.702. The summed E-state index contributed by atoms with van der Waals surface area (Å²) in [5.74, 6) is -0.550. The zero-order valence-electron chi connectivity index (χ0n) is 11.2. The van der Waals surface area contributed by atoms with Crippen LogP contribution >= 0.6 is 0 Å². The number of rotatable bonds is 5. The maximum atomic E-state index is 11.5. The Labute approximate surface area is 108 Å². The Morgan fingerprint density at radius 2 is 1.89 bits per heavy atom. The van der Waals surface area contributed by atoms with E-state index < -0.39 is 5.97 Å². The average Bonchev–Trinajstić information content (AvgIpc) is 2.34. The first kappa shape index (κ1) is 14.8. The Balaban J connectivity index is 2.31. The van der Waals surface area contributed by atoms with Gasteiger partial charge in [0, 0.05) is 13.1 Å². The van der Waals surface area contributed by atoms with Gasteiger partial charge in [0.2, 0.25) is 0 Å². The van der Waals surface area contributed by atoms with Crippen LogP contribution in [0.2, 0.25) is 0 Å². The number of aliphatic carboxylic acids is 1. The molecule has 0 aliphatic heterocycles. The number of nitrogens with one attached hydrogen (secondary N) is 2. The molecule has 5 nitrogen and oxygen atoms in total. The zero-order valence-corrected chi connectivity index (χ0v) is 11.2. The molecule has 5 heteroatoms. The molecule has 1 rings (SSSR count). The number of carboxylic acids is 1. The fourth-order valence-corrected chi connectivity index (χ4v) is 2.36. The van der Waals surface area contributed by atoms with Crippen LogP contribution in [0.25, 0.3) is 0 Å². The van der Waals surface area contributed by atoms with E-state index in [1.807, 2.05) is 13.8 Å². The zero-order chi connectivity index (χ0) is 13.5.